The van der Waals surface area contributed by atoms with E-state index in [-0.39, 0.29) is 5.91 Å². The Morgan fingerprint density at radius 1 is 1.11 bits per heavy atom. The van der Waals surface area contributed by atoms with Crippen molar-refractivity contribution in [3.05, 3.63) is 54.1 Å². The molecule has 0 radical (unpaired) electrons. The number of ether oxygens (including phenoxy) is 1. The second-order valence-corrected chi connectivity index (χ2v) is 11.2. The number of nitriles is 1. The maximum atomic E-state index is 13.0. The topological polar surface area (TPSA) is 115 Å². The van der Waals surface area contributed by atoms with Crippen LogP contribution in [0, 0.1) is 11.3 Å². The fraction of sp³-hybridized carbons (Fsp3) is 0.462. The van der Waals surface area contributed by atoms with Crippen LogP contribution in [0.15, 0.2) is 53.4 Å². The summed E-state index contributed by atoms with van der Waals surface area (Å²) < 4.78 is 33.0. The molecule has 0 aliphatic carbocycles. The quantitative estimate of drug-likeness (QED) is 0.574. The first-order chi connectivity index (χ1) is 17.4. The van der Waals surface area contributed by atoms with Gasteiger partial charge in [-0.15, -0.1) is 0 Å². The van der Waals surface area contributed by atoms with E-state index in [1.165, 1.54) is 0 Å². The first kappa shape index (κ1) is 26.3. The van der Waals surface area contributed by atoms with Crippen molar-refractivity contribution in [3.8, 4) is 17.2 Å². The van der Waals surface area contributed by atoms with Gasteiger partial charge in [-0.2, -0.15) is 9.57 Å². The standard InChI is InChI=1S/C26H33N5O4S/c1-30-12-14-31(15-13-30)36(33,34)24-9-7-22(8-10-24)21-5-3-20(4-6-21)17-23(18-27)29-26(32)25-19-28-11-2-16-35-25/h3-10,23,25,28H,2,11-17,19H2,1H3,(H,29,32)/t23-,25-/m0/s1. The molecular weight excluding hydrogens is 478 g/mol. The predicted octanol–water partition coefficient (Wildman–Crippen LogP) is 1.22. The predicted molar refractivity (Wildman–Crippen MR) is 137 cm³/mol. The van der Waals surface area contributed by atoms with Gasteiger partial charge >= 0.3 is 0 Å². The van der Waals surface area contributed by atoms with Crippen molar-refractivity contribution in [1.29, 1.82) is 5.26 Å². The molecule has 0 aromatic heterocycles. The van der Waals surface area contributed by atoms with Gasteiger partial charge in [0.1, 0.15) is 12.1 Å². The zero-order valence-corrected chi connectivity index (χ0v) is 21.3. The minimum Gasteiger partial charge on any atom is -0.367 e. The van der Waals surface area contributed by atoms with E-state index in [4.69, 9.17) is 4.74 Å². The number of likely N-dealkylation sites (N-methyl/N-ethyl adjacent to an activating group) is 1. The Morgan fingerprint density at radius 2 is 1.75 bits per heavy atom. The molecule has 9 nitrogen and oxygen atoms in total. The Morgan fingerprint density at radius 3 is 2.39 bits per heavy atom. The second kappa shape index (κ2) is 12.0. The first-order valence-corrected chi connectivity index (χ1v) is 13.7. The molecule has 2 heterocycles. The second-order valence-electron chi connectivity index (χ2n) is 9.24. The number of carbonyl (C=O) groups excluding carboxylic acids is 1. The van der Waals surface area contributed by atoms with Crippen molar-refractivity contribution >= 4 is 15.9 Å². The summed E-state index contributed by atoms with van der Waals surface area (Å²) in [7, 11) is -1.51. The number of hydrogen-bond donors (Lipinski definition) is 2. The van der Waals surface area contributed by atoms with Gasteiger partial charge in [0.15, 0.2) is 0 Å². The Bertz CT molecular complexity index is 1160. The smallest absolute Gasteiger partial charge is 0.251 e. The lowest BCUT2D eigenvalue weighted by Crippen LogP contribution is -2.46. The monoisotopic (exact) mass is 511 g/mol. The van der Waals surface area contributed by atoms with Gasteiger partial charge < -0.3 is 20.3 Å². The molecule has 0 bridgehead atoms. The molecule has 2 fully saturated rings. The zero-order valence-electron chi connectivity index (χ0n) is 20.5. The van der Waals surface area contributed by atoms with Crippen molar-refractivity contribution in [1.82, 2.24) is 19.8 Å². The summed E-state index contributed by atoms with van der Waals surface area (Å²) >= 11 is 0. The number of sulfonamides is 1. The molecule has 1 amide bonds. The van der Waals surface area contributed by atoms with Crippen LogP contribution in [-0.2, 0) is 26.0 Å². The summed E-state index contributed by atoms with van der Waals surface area (Å²) in [4.78, 5) is 14.9. The van der Waals surface area contributed by atoms with Gasteiger partial charge in [0.2, 0.25) is 10.0 Å². The van der Waals surface area contributed by atoms with E-state index in [0.717, 1.165) is 42.7 Å². The van der Waals surface area contributed by atoms with Gasteiger partial charge in [0.05, 0.1) is 11.0 Å². The highest BCUT2D eigenvalue weighted by atomic mass is 32.2. The number of hydrogen-bond acceptors (Lipinski definition) is 7. The summed E-state index contributed by atoms with van der Waals surface area (Å²) in [5, 5.41) is 15.5. The number of amides is 1. The van der Waals surface area contributed by atoms with Crippen LogP contribution in [0.5, 0.6) is 0 Å². The number of carbonyl (C=O) groups is 1. The number of rotatable bonds is 7. The molecule has 0 spiro atoms. The molecule has 2 atom stereocenters. The van der Waals surface area contributed by atoms with Crippen molar-refractivity contribution in [3.63, 3.8) is 0 Å². The third-order valence-electron chi connectivity index (χ3n) is 6.59. The third-order valence-corrected chi connectivity index (χ3v) is 8.51. The van der Waals surface area contributed by atoms with E-state index >= 15 is 0 Å². The average Bonchev–Trinajstić information content (AvgIpc) is 3.19. The lowest BCUT2D eigenvalue weighted by atomic mass is 10.0. The lowest BCUT2D eigenvalue weighted by molar-refractivity contribution is -0.132. The minimum absolute atomic E-state index is 0.279. The average molecular weight is 512 g/mol. The van der Waals surface area contributed by atoms with Crippen LogP contribution in [0.25, 0.3) is 11.1 Å². The summed E-state index contributed by atoms with van der Waals surface area (Å²) in [6.07, 6.45) is 0.645. The van der Waals surface area contributed by atoms with Crippen LogP contribution in [0.4, 0.5) is 0 Å². The molecule has 2 saturated heterocycles. The van der Waals surface area contributed by atoms with E-state index in [1.54, 1.807) is 16.4 Å². The van der Waals surface area contributed by atoms with Gasteiger partial charge in [0.25, 0.3) is 5.91 Å². The van der Waals surface area contributed by atoms with Crippen molar-refractivity contribution in [2.24, 2.45) is 0 Å². The van der Waals surface area contributed by atoms with Crippen LogP contribution in [0.2, 0.25) is 0 Å². The highest BCUT2D eigenvalue weighted by molar-refractivity contribution is 7.89. The van der Waals surface area contributed by atoms with Crippen LogP contribution >= 0.6 is 0 Å². The van der Waals surface area contributed by atoms with Crippen LogP contribution in [0.1, 0.15) is 12.0 Å². The molecular formula is C26H33N5O4S. The van der Waals surface area contributed by atoms with E-state index < -0.39 is 22.2 Å². The summed E-state index contributed by atoms with van der Waals surface area (Å²) in [5.74, 6) is -0.279. The molecule has 10 heteroatoms. The van der Waals surface area contributed by atoms with Gasteiger partial charge in [-0.3, -0.25) is 4.79 Å². The van der Waals surface area contributed by atoms with Crippen LogP contribution in [0.3, 0.4) is 0 Å². The molecule has 2 aromatic rings. The summed E-state index contributed by atoms with van der Waals surface area (Å²) in [5.41, 5.74) is 2.76. The van der Waals surface area contributed by atoms with Gasteiger partial charge in [-0.1, -0.05) is 36.4 Å². The van der Waals surface area contributed by atoms with Gasteiger partial charge in [0, 0.05) is 45.8 Å². The Hall–Kier alpha value is -2.81. The molecule has 192 valence electrons. The minimum atomic E-state index is -3.50. The molecule has 0 saturated carbocycles. The Kier molecular flexibility index (Phi) is 8.72. The fourth-order valence-electron chi connectivity index (χ4n) is 4.34. The van der Waals surface area contributed by atoms with E-state index in [9.17, 15) is 18.5 Å². The Labute approximate surface area is 213 Å². The van der Waals surface area contributed by atoms with Crippen molar-refractivity contribution < 1.29 is 17.9 Å². The largest absolute Gasteiger partial charge is 0.367 e. The number of nitrogens with one attached hydrogen (secondary N) is 2. The van der Waals surface area contributed by atoms with Crippen molar-refractivity contribution in [2.45, 2.75) is 29.9 Å². The third kappa shape index (κ3) is 6.49. The highest BCUT2D eigenvalue weighted by Gasteiger charge is 2.27. The number of nitrogens with zero attached hydrogens (tertiary/aromatic N) is 3. The van der Waals surface area contributed by atoms with Crippen LogP contribution in [-0.4, -0.2) is 88.6 Å². The molecule has 2 aliphatic rings. The summed E-state index contributed by atoms with van der Waals surface area (Å²) in [6, 6.07) is 16.2. The maximum Gasteiger partial charge on any atom is 0.251 e. The first-order valence-electron chi connectivity index (χ1n) is 12.3. The number of benzene rings is 2. The molecule has 4 rings (SSSR count). The van der Waals surface area contributed by atoms with E-state index in [0.29, 0.717) is 37.6 Å². The lowest BCUT2D eigenvalue weighted by Gasteiger charge is -2.31. The van der Waals surface area contributed by atoms with Crippen LogP contribution < -0.4 is 10.6 Å². The number of piperazine rings is 1. The molecule has 2 N–H and O–H groups in total. The van der Waals surface area contributed by atoms with E-state index in [2.05, 4.69) is 21.6 Å². The molecule has 0 unspecified atom stereocenters. The molecule has 2 aromatic carbocycles. The Balaban J connectivity index is 1.37. The molecule has 2 aliphatic heterocycles. The van der Waals surface area contributed by atoms with Gasteiger partial charge in [-0.25, -0.2) is 8.42 Å². The normalized spacial score (nSPS) is 20.7. The maximum absolute atomic E-state index is 13.0. The van der Waals surface area contributed by atoms with Crippen molar-refractivity contribution in [2.75, 3.05) is 52.9 Å². The fourth-order valence-corrected chi connectivity index (χ4v) is 5.76. The molecule has 36 heavy (non-hydrogen) atoms. The zero-order chi connectivity index (χ0) is 25.5. The highest BCUT2D eigenvalue weighted by Crippen LogP contribution is 2.24. The SMILES string of the molecule is CN1CCN(S(=O)(=O)c2ccc(-c3ccc(C[C@@H](C#N)NC(=O)[C@@H]4CNCCCO4)cc3)cc2)CC1. The van der Waals surface area contributed by atoms with E-state index in [1.807, 2.05) is 43.4 Å². The van der Waals surface area contributed by atoms with Gasteiger partial charge in [-0.05, 0) is 48.8 Å². The summed E-state index contributed by atoms with van der Waals surface area (Å²) in [6.45, 7) is 4.22.